The summed E-state index contributed by atoms with van der Waals surface area (Å²) < 4.78 is 0. The zero-order valence-electron chi connectivity index (χ0n) is 9.76. The van der Waals surface area contributed by atoms with E-state index in [0.29, 0.717) is 0 Å². The molecule has 0 N–H and O–H groups in total. The van der Waals surface area contributed by atoms with Crippen molar-refractivity contribution >= 4 is 11.3 Å². The molecule has 0 saturated carbocycles. The minimum absolute atomic E-state index is 0.872. The van der Waals surface area contributed by atoms with Crippen LogP contribution in [0.25, 0.3) is 0 Å². The number of hydrogen-bond donors (Lipinski definition) is 0. The molecule has 17 heavy (non-hydrogen) atoms. The largest absolute Gasteiger partial charge is 0.292 e. The maximum Gasteiger partial charge on any atom is 0.125 e. The lowest BCUT2D eigenvalue weighted by molar-refractivity contribution is 0.242. The van der Waals surface area contributed by atoms with Gasteiger partial charge in [0.1, 0.15) is 10.8 Å². The number of aromatic nitrogens is 3. The van der Waals surface area contributed by atoms with E-state index in [0.717, 1.165) is 31.9 Å². The Morgan fingerprint density at radius 2 is 2.35 bits per heavy atom. The highest BCUT2D eigenvalue weighted by Crippen LogP contribution is 2.19. The second kappa shape index (κ2) is 4.50. The molecule has 0 aliphatic carbocycles. The van der Waals surface area contributed by atoms with Gasteiger partial charge in [0.05, 0.1) is 6.54 Å². The highest BCUT2D eigenvalue weighted by molar-refractivity contribution is 7.09. The standard InChI is InChI=1S/C12H14N4S/c1-9-14-6-10-7-16(4-2-11(10)15-9)8-12-13-3-5-17-12/h3,5-6H,2,4,7-8H2,1H3. The Morgan fingerprint density at radius 3 is 3.18 bits per heavy atom. The van der Waals surface area contributed by atoms with Gasteiger partial charge in [0.15, 0.2) is 0 Å². The van der Waals surface area contributed by atoms with E-state index in [2.05, 4.69) is 19.9 Å². The van der Waals surface area contributed by atoms with Gasteiger partial charge in [-0.2, -0.15) is 0 Å². The molecule has 0 atom stereocenters. The molecular weight excluding hydrogens is 232 g/mol. The summed E-state index contributed by atoms with van der Waals surface area (Å²) in [6.07, 6.45) is 4.85. The van der Waals surface area contributed by atoms with Gasteiger partial charge in [-0.15, -0.1) is 11.3 Å². The number of fused-ring (bicyclic) bond motifs is 1. The van der Waals surface area contributed by atoms with Gasteiger partial charge in [0, 0.05) is 48.5 Å². The maximum absolute atomic E-state index is 4.49. The van der Waals surface area contributed by atoms with Crippen LogP contribution in [0.15, 0.2) is 17.8 Å². The van der Waals surface area contributed by atoms with Crippen molar-refractivity contribution in [3.05, 3.63) is 39.9 Å². The van der Waals surface area contributed by atoms with Crippen LogP contribution in [-0.4, -0.2) is 26.4 Å². The van der Waals surface area contributed by atoms with E-state index in [1.54, 1.807) is 11.3 Å². The number of hydrogen-bond acceptors (Lipinski definition) is 5. The highest BCUT2D eigenvalue weighted by Gasteiger charge is 2.18. The van der Waals surface area contributed by atoms with Crippen LogP contribution >= 0.6 is 11.3 Å². The van der Waals surface area contributed by atoms with Gasteiger partial charge in [-0.05, 0) is 6.92 Å². The van der Waals surface area contributed by atoms with Crippen molar-refractivity contribution in [1.29, 1.82) is 0 Å². The van der Waals surface area contributed by atoms with Gasteiger partial charge < -0.3 is 0 Å². The fraction of sp³-hybridized carbons (Fsp3) is 0.417. The molecule has 2 aromatic heterocycles. The molecule has 0 bridgehead atoms. The van der Waals surface area contributed by atoms with Crippen LogP contribution < -0.4 is 0 Å². The predicted octanol–water partition coefficient (Wildman–Crippen LogP) is 1.80. The van der Waals surface area contributed by atoms with E-state index in [4.69, 9.17) is 0 Å². The Labute approximate surface area is 104 Å². The second-order valence-corrected chi connectivity index (χ2v) is 5.25. The molecule has 5 heteroatoms. The molecule has 1 aliphatic rings. The quantitative estimate of drug-likeness (QED) is 0.810. The third-order valence-corrected chi connectivity index (χ3v) is 3.74. The molecular formula is C12H14N4S. The molecule has 0 saturated heterocycles. The molecule has 0 amide bonds. The third-order valence-electron chi connectivity index (χ3n) is 2.98. The molecule has 2 aromatic rings. The Morgan fingerprint density at radius 1 is 1.41 bits per heavy atom. The fourth-order valence-electron chi connectivity index (χ4n) is 2.13. The molecule has 0 unspecified atom stereocenters. The molecule has 0 spiro atoms. The lowest BCUT2D eigenvalue weighted by Gasteiger charge is -2.26. The summed E-state index contributed by atoms with van der Waals surface area (Å²) in [4.78, 5) is 15.5. The summed E-state index contributed by atoms with van der Waals surface area (Å²) in [5.74, 6) is 0.872. The Balaban J connectivity index is 1.74. The van der Waals surface area contributed by atoms with E-state index < -0.39 is 0 Å². The minimum Gasteiger partial charge on any atom is -0.292 e. The van der Waals surface area contributed by atoms with Crippen LogP contribution in [0.2, 0.25) is 0 Å². The third kappa shape index (κ3) is 2.35. The average molecular weight is 246 g/mol. The minimum atomic E-state index is 0.872. The van der Waals surface area contributed by atoms with Crippen molar-refractivity contribution in [2.75, 3.05) is 6.54 Å². The van der Waals surface area contributed by atoms with Gasteiger partial charge in [-0.25, -0.2) is 15.0 Å². The highest BCUT2D eigenvalue weighted by atomic mass is 32.1. The van der Waals surface area contributed by atoms with E-state index in [1.807, 2.05) is 24.7 Å². The van der Waals surface area contributed by atoms with Crippen molar-refractivity contribution in [1.82, 2.24) is 19.9 Å². The first-order valence-corrected chi connectivity index (χ1v) is 6.61. The molecule has 0 radical (unpaired) electrons. The summed E-state index contributed by atoms with van der Waals surface area (Å²) in [5, 5.41) is 3.21. The van der Waals surface area contributed by atoms with Gasteiger partial charge in [0.2, 0.25) is 0 Å². The van der Waals surface area contributed by atoms with E-state index in [1.165, 1.54) is 16.3 Å². The SMILES string of the molecule is Cc1ncc2c(n1)CCN(Cc1nccs1)C2. The molecule has 3 heterocycles. The first-order valence-electron chi connectivity index (χ1n) is 5.73. The van der Waals surface area contributed by atoms with Crippen LogP contribution in [0.3, 0.4) is 0 Å². The molecule has 0 aromatic carbocycles. The maximum atomic E-state index is 4.49. The van der Waals surface area contributed by atoms with Crippen molar-refractivity contribution in [3.8, 4) is 0 Å². The molecule has 0 fully saturated rings. The van der Waals surface area contributed by atoms with Crippen molar-refractivity contribution in [2.45, 2.75) is 26.4 Å². The number of thiazole rings is 1. The van der Waals surface area contributed by atoms with Crippen LogP contribution in [0, 0.1) is 6.92 Å². The fourth-order valence-corrected chi connectivity index (χ4v) is 2.79. The van der Waals surface area contributed by atoms with Crippen LogP contribution in [0.5, 0.6) is 0 Å². The smallest absolute Gasteiger partial charge is 0.125 e. The van der Waals surface area contributed by atoms with Gasteiger partial charge in [-0.3, -0.25) is 4.90 Å². The molecule has 88 valence electrons. The van der Waals surface area contributed by atoms with E-state index in [-0.39, 0.29) is 0 Å². The van der Waals surface area contributed by atoms with Gasteiger partial charge in [0.25, 0.3) is 0 Å². The summed E-state index contributed by atoms with van der Waals surface area (Å²) in [7, 11) is 0. The van der Waals surface area contributed by atoms with Gasteiger partial charge in [-0.1, -0.05) is 0 Å². The number of nitrogens with zero attached hydrogens (tertiary/aromatic N) is 4. The summed E-state index contributed by atoms with van der Waals surface area (Å²) in [6, 6.07) is 0. The van der Waals surface area contributed by atoms with Crippen molar-refractivity contribution < 1.29 is 0 Å². The van der Waals surface area contributed by atoms with Crippen molar-refractivity contribution in [2.24, 2.45) is 0 Å². The van der Waals surface area contributed by atoms with E-state index in [9.17, 15) is 0 Å². The summed E-state index contributed by atoms with van der Waals surface area (Å²) in [5.41, 5.74) is 2.48. The van der Waals surface area contributed by atoms with Gasteiger partial charge >= 0.3 is 0 Å². The number of rotatable bonds is 2. The normalized spacial score (nSPS) is 15.8. The van der Waals surface area contributed by atoms with Crippen LogP contribution in [0.1, 0.15) is 22.1 Å². The Kier molecular flexibility index (Phi) is 2.86. The predicted molar refractivity (Wildman–Crippen MR) is 66.7 cm³/mol. The second-order valence-electron chi connectivity index (χ2n) is 4.28. The topological polar surface area (TPSA) is 41.9 Å². The zero-order chi connectivity index (χ0) is 11.7. The molecule has 1 aliphatic heterocycles. The summed E-state index contributed by atoms with van der Waals surface area (Å²) >= 11 is 1.72. The lowest BCUT2D eigenvalue weighted by atomic mass is 10.1. The summed E-state index contributed by atoms with van der Waals surface area (Å²) in [6.45, 7) is 4.88. The first-order chi connectivity index (χ1) is 8.31. The van der Waals surface area contributed by atoms with E-state index >= 15 is 0 Å². The van der Waals surface area contributed by atoms with Crippen molar-refractivity contribution in [3.63, 3.8) is 0 Å². The Hall–Kier alpha value is -1.33. The molecule has 3 rings (SSSR count). The van der Waals surface area contributed by atoms with Crippen LogP contribution in [-0.2, 0) is 19.5 Å². The zero-order valence-corrected chi connectivity index (χ0v) is 10.6. The number of aryl methyl sites for hydroxylation is 1. The molecule has 4 nitrogen and oxygen atoms in total. The van der Waals surface area contributed by atoms with Crippen LogP contribution in [0.4, 0.5) is 0 Å². The lowest BCUT2D eigenvalue weighted by Crippen LogP contribution is -2.30. The Bertz CT molecular complexity index is 509. The monoisotopic (exact) mass is 246 g/mol. The average Bonchev–Trinajstić information content (AvgIpc) is 2.82. The first kappa shape index (κ1) is 10.8.